The second kappa shape index (κ2) is 4.76. The molecule has 0 fully saturated rings. The van der Waals surface area contributed by atoms with Gasteiger partial charge in [-0.15, -0.1) is 0 Å². The first-order chi connectivity index (χ1) is 6.24. The van der Waals surface area contributed by atoms with E-state index >= 15 is 0 Å². The molecule has 0 aliphatic carbocycles. The van der Waals surface area contributed by atoms with E-state index in [0.29, 0.717) is 17.1 Å². The second-order valence-electron chi connectivity index (χ2n) is 2.49. The van der Waals surface area contributed by atoms with Gasteiger partial charge in [0.2, 0.25) is 0 Å². The zero-order valence-electron chi connectivity index (χ0n) is 7.26. The van der Waals surface area contributed by atoms with Crippen molar-refractivity contribution in [1.29, 1.82) is 0 Å². The third-order valence-corrected chi connectivity index (χ3v) is 1.68. The topological polar surface area (TPSA) is 32.3 Å². The van der Waals surface area contributed by atoms with E-state index in [4.69, 9.17) is 11.6 Å². The molecule has 0 saturated heterocycles. The number of halogens is 1. The highest BCUT2D eigenvalue weighted by atomic mass is 35.5. The van der Waals surface area contributed by atoms with E-state index in [-0.39, 0.29) is 5.75 Å². The Morgan fingerprint density at radius 2 is 2.31 bits per heavy atom. The molecule has 0 saturated carbocycles. The Hall–Kier alpha value is -1.17. The molecule has 0 atom stereocenters. The van der Waals surface area contributed by atoms with Gasteiger partial charge in [-0.2, -0.15) is 0 Å². The Morgan fingerprint density at radius 1 is 1.54 bits per heavy atom. The molecule has 1 rings (SSSR count). The van der Waals surface area contributed by atoms with Gasteiger partial charge in [0, 0.05) is 5.02 Å². The fraction of sp³-hybridized carbons (Fsp3) is 0.200. The minimum Gasteiger partial charge on any atom is -0.507 e. The van der Waals surface area contributed by atoms with Crippen LogP contribution in [0.2, 0.25) is 5.02 Å². The molecule has 0 aromatic heterocycles. The molecule has 0 heterocycles. The lowest BCUT2D eigenvalue weighted by Gasteiger charge is -1.96. The first-order valence-electron chi connectivity index (χ1n) is 3.86. The van der Waals surface area contributed by atoms with E-state index in [9.17, 15) is 5.11 Å². The van der Waals surface area contributed by atoms with Gasteiger partial charge in [0.05, 0.1) is 12.1 Å². The summed E-state index contributed by atoms with van der Waals surface area (Å²) in [7, 11) is 1.81. The van der Waals surface area contributed by atoms with E-state index in [1.54, 1.807) is 12.1 Å². The number of rotatable bonds is 1. The third-order valence-electron chi connectivity index (χ3n) is 1.45. The normalized spacial score (nSPS) is 9.08. The van der Waals surface area contributed by atoms with Crippen LogP contribution in [-0.2, 0) is 0 Å². The van der Waals surface area contributed by atoms with Crippen LogP contribution in [0.4, 0.5) is 0 Å². The maximum Gasteiger partial charge on any atom is 0.131 e. The molecule has 0 amide bonds. The molecule has 13 heavy (non-hydrogen) atoms. The van der Waals surface area contributed by atoms with Gasteiger partial charge in [0.1, 0.15) is 5.75 Å². The maximum absolute atomic E-state index is 9.35. The van der Waals surface area contributed by atoms with Crippen LogP contribution in [0.1, 0.15) is 5.56 Å². The zero-order valence-corrected chi connectivity index (χ0v) is 8.02. The summed E-state index contributed by atoms with van der Waals surface area (Å²) < 4.78 is 0. The van der Waals surface area contributed by atoms with Crippen molar-refractivity contribution in [3.8, 4) is 17.6 Å². The lowest BCUT2D eigenvalue weighted by molar-refractivity contribution is 0.473. The van der Waals surface area contributed by atoms with Crippen LogP contribution in [0.15, 0.2) is 18.2 Å². The van der Waals surface area contributed by atoms with Gasteiger partial charge in [-0.3, -0.25) is 0 Å². The summed E-state index contributed by atoms with van der Waals surface area (Å²) >= 11 is 5.74. The van der Waals surface area contributed by atoms with Gasteiger partial charge in [-0.1, -0.05) is 23.4 Å². The zero-order chi connectivity index (χ0) is 9.68. The summed E-state index contributed by atoms with van der Waals surface area (Å²) in [4.78, 5) is 0. The molecule has 2 nitrogen and oxygen atoms in total. The fourth-order valence-electron chi connectivity index (χ4n) is 0.836. The Kier molecular flexibility index (Phi) is 3.63. The molecule has 0 aliphatic heterocycles. The van der Waals surface area contributed by atoms with Crippen molar-refractivity contribution in [2.45, 2.75) is 0 Å². The summed E-state index contributed by atoms with van der Waals surface area (Å²) in [6.45, 7) is 0.589. The van der Waals surface area contributed by atoms with Gasteiger partial charge in [-0.25, -0.2) is 0 Å². The van der Waals surface area contributed by atoms with Gasteiger partial charge in [0.25, 0.3) is 0 Å². The molecule has 1 aromatic rings. The number of phenols is 1. The summed E-state index contributed by atoms with van der Waals surface area (Å²) in [6, 6.07) is 4.80. The van der Waals surface area contributed by atoms with Crippen LogP contribution in [-0.4, -0.2) is 18.7 Å². The smallest absolute Gasteiger partial charge is 0.131 e. The molecule has 3 heteroatoms. The average Bonchev–Trinajstić information content (AvgIpc) is 2.11. The van der Waals surface area contributed by atoms with Crippen LogP contribution in [0.5, 0.6) is 5.75 Å². The molecule has 68 valence electrons. The van der Waals surface area contributed by atoms with Gasteiger partial charge in [0.15, 0.2) is 0 Å². The average molecular weight is 196 g/mol. The van der Waals surface area contributed by atoms with Crippen LogP contribution >= 0.6 is 11.6 Å². The molecule has 0 aliphatic rings. The molecule has 0 unspecified atom stereocenters. The predicted octanol–water partition coefficient (Wildman–Crippen LogP) is 1.62. The van der Waals surface area contributed by atoms with Crippen molar-refractivity contribution in [1.82, 2.24) is 5.32 Å². The predicted molar refractivity (Wildman–Crippen MR) is 53.9 cm³/mol. The monoisotopic (exact) mass is 195 g/mol. The Morgan fingerprint density at radius 3 is 3.00 bits per heavy atom. The lowest BCUT2D eigenvalue weighted by Crippen LogP contribution is -2.04. The highest BCUT2D eigenvalue weighted by Crippen LogP contribution is 2.19. The number of hydrogen-bond donors (Lipinski definition) is 2. The fourth-order valence-corrected chi connectivity index (χ4v) is 1.01. The summed E-state index contributed by atoms with van der Waals surface area (Å²) in [5, 5.41) is 12.8. The molecule has 1 aromatic carbocycles. The van der Waals surface area contributed by atoms with Crippen molar-refractivity contribution >= 4 is 11.6 Å². The molecular weight excluding hydrogens is 186 g/mol. The van der Waals surface area contributed by atoms with Gasteiger partial charge < -0.3 is 10.4 Å². The first-order valence-corrected chi connectivity index (χ1v) is 4.24. The van der Waals surface area contributed by atoms with E-state index in [2.05, 4.69) is 17.2 Å². The summed E-state index contributed by atoms with van der Waals surface area (Å²) in [5.41, 5.74) is 0.558. The van der Waals surface area contributed by atoms with Crippen LogP contribution in [0.3, 0.4) is 0 Å². The number of benzene rings is 1. The van der Waals surface area contributed by atoms with Gasteiger partial charge >= 0.3 is 0 Å². The van der Waals surface area contributed by atoms with Gasteiger partial charge in [-0.05, 0) is 25.2 Å². The Labute approximate surface area is 82.5 Å². The quantitative estimate of drug-likeness (QED) is 0.668. The van der Waals surface area contributed by atoms with E-state index in [1.807, 2.05) is 7.05 Å². The largest absolute Gasteiger partial charge is 0.507 e. The standard InChI is InChI=1S/C10H10ClNO/c1-12-6-2-3-8-7-9(11)4-5-10(8)13/h4-5,7,12-13H,6H2,1H3. The number of hydrogen-bond acceptors (Lipinski definition) is 2. The summed E-state index contributed by atoms with van der Waals surface area (Å²) in [6.07, 6.45) is 0. The number of phenolic OH excluding ortho intramolecular Hbond substituents is 1. The SMILES string of the molecule is CNCC#Cc1cc(Cl)ccc1O. The van der Waals surface area contributed by atoms with Crippen molar-refractivity contribution < 1.29 is 5.11 Å². The third kappa shape index (κ3) is 2.98. The van der Waals surface area contributed by atoms with Crippen molar-refractivity contribution in [3.05, 3.63) is 28.8 Å². The number of aromatic hydroxyl groups is 1. The van der Waals surface area contributed by atoms with Crippen LogP contribution < -0.4 is 5.32 Å². The molecule has 0 radical (unpaired) electrons. The van der Waals surface area contributed by atoms with Crippen molar-refractivity contribution in [3.63, 3.8) is 0 Å². The maximum atomic E-state index is 9.35. The van der Waals surface area contributed by atoms with E-state index in [1.165, 1.54) is 6.07 Å². The lowest BCUT2D eigenvalue weighted by atomic mass is 10.2. The van der Waals surface area contributed by atoms with Crippen LogP contribution in [0, 0.1) is 11.8 Å². The highest BCUT2D eigenvalue weighted by Gasteiger charge is 1.97. The minimum atomic E-state index is 0.160. The summed E-state index contributed by atoms with van der Waals surface area (Å²) in [5.74, 6) is 5.81. The first kappa shape index (κ1) is 9.91. The minimum absolute atomic E-state index is 0.160. The Balaban J connectivity index is 2.89. The Bertz CT molecular complexity index is 352. The van der Waals surface area contributed by atoms with E-state index < -0.39 is 0 Å². The van der Waals surface area contributed by atoms with E-state index in [0.717, 1.165) is 0 Å². The van der Waals surface area contributed by atoms with Crippen molar-refractivity contribution in [2.75, 3.05) is 13.6 Å². The van der Waals surface area contributed by atoms with Crippen LogP contribution in [0.25, 0.3) is 0 Å². The molecule has 0 bridgehead atoms. The molecule has 0 spiro atoms. The highest BCUT2D eigenvalue weighted by molar-refractivity contribution is 6.30. The van der Waals surface area contributed by atoms with Crippen molar-refractivity contribution in [2.24, 2.45) is 0 Å². The molecule has 2 N–H and O–H groups in total. The number of nitrogens with one attached hydrogen (secondary N) is 1. The second-order valence-corrected chi connectivity index (χ2v) is 2.93. The molecular formula is C10H10ClNO.